The van der Waals surface area contributed by atoms with Crippen molar-refractivity contribution in [2.24, 2.45) is 17.6 Å². The van der Waals surface area contributed by atoms with Crippen molar-refractivity contribution in [2.75, 3.05) is 34.3 Å². The number of amides is 2. The van der Waals surface area contributed by atoms with E-state index in [0.717, 1.165) is 4.90 Å². The van der Waals surface area contributed by atoms with Gasteiger partial charge in [-0.05, 0) is 0 Å². The standard InChI is InChI=1S/C28H31BN3O9/c1-5-8-32(27(39)41-4)11-17(34)13-6-7-16(33)19-14(13)9-12-10-15-21(31(2)3)23(36)20(26(30)38)24(29)28(15,40)25(37)18(12)22(19)35/h5-7,12,15,21,33,35-36,40H,1,8-11H2,2-4H3,(H2,30,38)/t12-,15-,21-,28+/m0/s1. The maximum atomic E-state index is 14.0. The molecule has 41 heavy (non-hydrogen) atoms. The van der Waals surface area contributed by atoms with E-state index >= 15 is 0 Å². The van der Waals surface area contributed by atoms with Gasteiger partial charge in [0.2, 0.25) is 0 Å². The van der Waals surface area contributed by atoms with Gasteiger partial charge in [-0.1, -0.05) is 6.08 Å². The molecule has 1 radical (unpaired) electrons. The minimum atomic E-state index is -2.50. The normalized spacial score (nSPS) is 25.3. The Bertz CT molecular complexity index is 1460. The monoisotopic (exact) mass is 564 g/mol. The molecule has 12 nitrogen and oxygen atoms in total. The molecule has 0 saturated heterocycles. The molecule has 1 saturated carbocycles. The first-order valence-corrected chi connectivity index (χ1v) is 12.8. The number of methoxy groups -OCH3 is 1. The van der Waals surface area contributed by atoms with E-state index in [4.69, 9.17) is 18.0 Å². The number of phenolic OH excluding ortho intramolecular Hbond substituents is 1. The summed E-state index contributed by atoms with van der Waals surface area (Å²) in [5.41, 5.74) is 1.69. The number of phenols is 1. The van der Waals surface area contributed by atoms with E-state index < -0.39 is 75.3 Å². The molecule has 1 aromatic rings. The van der Waals surface area contributed by atoms with Gasteiger partial charge in [0, 0.05) is 0 Å². The molecule has 0 aliphatic heterocycles. The fourth-order valence-electron chi connectivity index (χ4n) is 6.35. The Labute approximate surface area is 237 Å². The summed E-state index contributed by atoms with van der Waals surface area (Å²) < 4.78 is 4.73. The molecule has 0 aromatic heterocycles. The van der Waals surface area contributed by atoms with Crippen molar-refractivity contribution in [3.8, 4) is 5.75 Å². The second-order valence-electron chi connectivity index (χ2n) is 10.6. The molecule has 1 fully saturated rings. The van der Waals surface area contributed by atoms with Gasteiger partial charge >= 0.3 is 208 Å². The number of carbonyl (C=O) groups excluding carboxylic acids is 4. The zero-order valence-electron chi connectivity index (χ0n) is 22.9. The summed E-state index contributed by atoms with van der Waals surface area (Å²) in [7, 11) is 10.5. The molecule has 0 unspecified atom stereocenters. The number of ketones is 2. The zero-order chi connectivity index (χ0) is 30.5. The Morgan fingerprint density at radius 2 is 1.90 bits per heavy atom. The van der Waals surface area contributed by atoms with Gasteiger partial charge in [0.1, 0.15) is 0 Å². The fourth-order valence-corrected chi connectivity index (χ4v) is 6.35. The van der Waals surface area contributed by atoms with Gasteiger partial charge in [0.15, 0.2) is 0 Å². The summed E-state index contributed by atoms with van der Waals surface area (Å²) in [5.74, 6) is -6.04. The molecule has 0 spiro atoms. The predicted molar refractivity (Wildman–Crippen MR) is 149 cm³/mol. The number of aliphatic hydroxyl groups is 3. The minimum absolute atomic E-state index is 0.00455. The number of aliphatic hydroxyl groups excluding tert-OH is 2. The second-order valence-corrected chi connectivity index (χ2v) is 10.6. The number of rotatable bonds is 7. The summed E-state index contributed by atoms with van der Waals surface area (Å²) in [5, 5.41) is 44.8. The van der Waals surface area contributed by atoms with E-state index in [1.165, 1.54) is 30.2 Å². The summed E-state index contributed by atoms with van der Waals surface area (Å²) >= 11 is 0. The number of hydrogen-bond donors (Lipinski definition) is 5. The summed E-state index contributed by atoms with van der Waals surface area (Å²) in [6.45, 7) is 3.22. The topological polar surface area (TPSA) is 191 Å². The zero-order valence-corrected chi connectivity index (χ0v) is 22.9. The van der Waals surface area contributed by atoms with Gasteiger partial charge < -0.3 is 4.74 Å². The molecular weight excluding hydrogens is 533 g/mol. The van der Waals surface area contributed by atoms with Crippen LogP contribution in [0.2, 0.25) is 0 Å². The first kappa shape index (κ1) is 29.8. The molecule has 13 heteroatoms. The van der Waals surface area contributed by atoms with Crippen LogP contribution in [0.1, 0.15) is 27.9 Å². The van der Waals surface area contributed by atoms with Crippen molar-refractivity contribution < 1.29 is 44.3 Å². The molecule has 6 N–H and O–H groups in total. The van der Waals surface area contributed by atoms with Crippen molar-refractivity contribution in [3.63, 3.8) is 0 Å². The van der Waals surface area contributed by atoms with Crippen molar-refractivity contribution in [3.05, 3.63) is 58.4 Å². The average Bonchev–Trinajstić information content (AvgIpc) is 2.89. The molecule has 0 bridgehead atoms. The van der Waals surface area contributed by atoms with Gasteiger partial charge in [-0.2, -0.15) is 0 Å². The third-order valence-electron chi connectivity index (χ3n) is 8.12. The Morgan fingerprint density at radius 3 is 2.46 bits per heavy atom. The van der Waals surface area contributed by atoms with Crippen molar-refractivity contribution in [1.82, 2.24) is 9.80 Å². The number of nitrogens with two attached hydrogens (primary N) is 1. The van der Waals surface area contributed by atoms with Gasteiger partial charge in [-0.25, -0.2) is 4.79 Å². The first-order valence-electron chi connectivity index (χ1n) is 12.8. The number of hydrogen-bond acceptors (Lipinski definition) is 10. The van der Waals surface area contributed by atoms with E-state index in [-0.39, 0.29) is 48.2 Å². The third kappa shape index (κ3) is 4.45. The average molecular weight is 564 g/mol. The van der Waals surface area contributed by atoms with Gasteiger partial charge in [-0.15, -0.1) is 6.58 Å². The number of primary amides is 1. The van der Waals surface area contributed by atoms with Crippen molar-refractivity contribution >= 4 is 42.3 Å². The van der Waals surface area contributed by atoms with Crippen LogP contribution in [-0.2, 0) is 20.7 Å². The number of fused-ring (bicyclic) bond motifs is 3. The summed E-state index contributed by atoms with van der Waals surface area (Å²) in [6.07, 6.45) is 0.662. The molecule has 2 amide bonds. The van der Waals surface area contributed by atoms with Crippen LogP contribution >= 0.6 is 0 Å². The molecule has 3 aliphatic rings. The van der Waals surface area contributed by atoms with E-state index in [2.05, 4.69) is 6.58 Å². The van der Waals surface area contributed by atoms with Crippen LogP contribution < -0.4 is 5.73 Å². The van der Waals surface area contributed by atoms with E-state index in [1.807, 2.05) is 0 Å². The van der Waals surface area contributed by atoms with E-state index in [1.54, 1.807) is 14.1 Å². The number of carbonyl (C=O) groups is 4. The predicted octanol–water partition coefficient (Wildman–Crippen LogP) is 0.173. The molecule has 4 atom stereocenters. The van der Waals surface area contributed by atoms with Crippen LogP contribution in [-0.4, -0.2) is 113 Å². The number of likely N-dealkylation sites (N-methyl/N-ethyl adjacent to an activating group) is 1. The summed E-state index contributed by atoms with van der Waals surface area (Å²) in [6, 6.07) is 1.50. The molecule has 3 aliphatic carbocycles. The van der Waals surface area contributed by atoms with Crippen LogP contribution in [0.5, 0.6) is 5.75 Å². The molecule has 215 valence electrons. The quantitative estimate of drug-likeness (QED) is 0.173. The van der Waals surface area contributed by atoms with E-state index in [9.17, 15) is 39.6 Å². The van der Waals surface area contributed by atoms with Crippen LogP contribution in [0.4, 0.5) is 4.79 Å². The number of benzene rings is 1. The SMILES string of the molecule is [B]=C1C(C(N)=O)=C(O)[C@@H](N(C)C)[C@@H]2C[C@@H]3Cc4c(C(=O)CN(CC=C)C(=O)OC)ccc(O)c4C(O)=C3C(=O)[C@]12O. The van der Waals surface area contributed by atoms with Gasteiger partial charge in [-0.3, -0.25) is 0 Å². The Kier molecular flexibility index (Phi) is 7.72. The Balaban J connectivity index is 1.86. The molecule has 1 aromatic carbocycles. The second kappa shape index (κ2) is 10.6. The third-order valence-corrected chi connectivity index (χ3v) is 8.12. The maximum absolute atomic E-state index is 14.0. The van der Waals surface area contributed by atoms with Crippen LogP contribution in [0.25, 0.3) is 5.76 Å². The van der Waals surface area contributed by atoms with Crippen LogP contribution in [0.15, 0.2) is 41.7 Å². The summed E-state index contributed by atoms with van der Waals surface area (Å²) in [4.78, 5) is 54.4. The molecule has 4 rings (SSSR count). The molecule has 0 heterocycles. The molecular formula is C28H31BN3O9. The fraction of sp³-hybridized carbons (Fsp3) is 0.393. The van der Waals surface area contributed by atoms with Gasteiger partial charge in [0.05, 0.1) is 7.11 Å². The van der Waals surface area contributed by atoms with Gasteiger partial charge in [0.25, 0.3) is 0 Å². The van der Waals surface area contributed by atoms with Crippen LogP contribution in [0, 0.1) is 11.8 Å². The van der Waals surface area contributed by atoms with Crippen LogP contribution in [0.3, 0.4) is 0 Å². The van der Waals surface area contributed by atoms with Crippen molar-refractivity contribution in [1.29, 1.82) is 0 Å². The number of Topliss-reactive ketones (excluding diaryl/α,β-unsaturated/α-hetero) is 2. The van der Waals surface area contributed by atoms with E-state index in [0.29, 0.717) is 0 Å². The number of ether oxygens (including phenoxy) is 1. The first-order chi connectivity index (χ1) is 19.2. The number of aromatic hydroxyl groups is 1. The Hall–Kier alpha value is -4.23. The number of nitrogens with zero attached hydrogens (tertiary/aromatic N) is 2. The Morgan fingerprint density at radius 1 is 1.24 bits per heavy atom. The van der Waals surface area contributed by atoms with Crippen molar-refractivity contribution in [2.45, 2.75) is 24.5 Å².